The third-order valence-electron chi connectivity index (χ3n) is 3.71. The van der Waals surface area contributed by atoms with Crippen molar-refractivity contribution >= 4 is 21.6 Å². The number of aryl methyl sites for hydroxylation is 1. The summed E-state index contributed by atoms with van der Waals surface area (Å²) in [5.74, 6) is 0.528. The predicted octanol–water partition coefficient (Wildman–Crippen LogP) is 3.14. The Labute approximate surface area is 151 Å². The maximum atomic E-state index is 12.7. The molecule has 0 spiro atoms. The zero-order valence-electron chi connectivity index (χ0n) is 14.0. The Kier molecular flexibility index (Phi) is 5.04. The molecule has 8 heteroatoms. The van der Waals surface area contributed by atoms with Crippen molar-refractivity contribution in [3.8, 4) is 0 Å². The van der Waals surface area contributed by atoms with Crippen LogP contribution in [0.3, 0.4) is 0 Å². The van der Waals surface area contributed by atoms with Crippen LogP contribution in [0.4, 0.5) is 10.5 Å². The van der Waals surface area contributed by atoms with Gasteiger partial charge in [0.05, 0.1) is 22.5 Å². The molecule has 1 aromatic heterocycles. The number of benzene rings is 2. The van der Waals surface area contributed by atoms with Gasteiger partial charge in [-0.2, -0.15) is 0 Å². The summed E-state index contributed by atoms with van der Waals surface area (Å²) in [7, 11) is -3.60. The highest BCUT2D eigenvalue weighted by Crippen LogP contribution is 2.24. The molecular formula is C18H17N3O4S. The molecule has 0 fully saturated rings. The first-order valence-electron chi connectivity index (χ1n) is 7.80. The second-order valence-corrected chi connectivity index (χ2v) is 7.49. The molecule has 134 valence electrons. The van der Waals surface area contributed by atoms with Crippen molar-refractivity contribution < 1.29 is 17.6 Å². The topological polar surface area (TPSA) is 101 Å². The quantitative estimate of drug-likeness (QED) is 0.717. The van der Waals surface area contributed by atoms with Crippen molar-refractivity contribution in [2.45, 2.75) is 23.3 Å². The standard InChI is InChI=1S/C18H17N3O4S/c1-13-4-2-3-5-17(13)26(23,24)16-8-6-14(7-9-16)21-18(22)20-11-15-10-19-12-25-15/h2-10,12H,11H2,1H3,(H2,20,21,22). The summed E-state index contributed by atoms with van der Waals surface area (Å²) in [5, 5.41) is 5.24. The Hall–Kier alpha value is -3.13. The lowest BCUT2D eigenvalue weighted by Gasteiger charge is -2.09. The number of sulfone groups is 1. The summed E-state index contributed by atoms with van der Waals surface area (Å²) in [5.41, 5.74) is 1.16. The predicted molar refractivity (Wildman–Crippen MR) is 95.4 cm³/mol. The van der Waals surface area contributed by atoms with Crippen LogP contribution in [-0.2, 0) is 16.4 Å². The first kappa shape index (κ1) is 17.7. The zero-order chi connectivity index (χ0) is 18.6. The molecule has 0 aliphatic heterocycles. The number of nitrogens with one attached hydrogen (secondary N) is 2. The molecule has 26 heavy (non-hydrogen) atoms. The van der Waals surface area contributed by atoms with Crippen molar-refractivity contribution in [3.63, 3.8) is 0 Å². The van der Waals surface area contributed by atoms with Crippen LogP contribution in [0.1, 0.15) is 11.3 Å². The molecule has 7 nitrogen and oxygen atoms in total. The molecule has 0 unspecified atom stereocenters. The van der Waals surface area contributed by atoms with Gasteiger partial charge in [-0.3, -0.25) is 0 Å². The molecule has 0 aliphatic carbocycles. The maximum Gasteiger partial charge on any atom is 0.319 e. The van der Waals surface area contributed by atoms with E-state index in [1.165, 1.54) is 24.7 Å². The van der Waals surface area contributed by atoms with Crippen LogP contribution in [0.5, 0.6) is 0 Å². The number of aromatic nitrogens is 1. The molecular weight excluding hydrogens is 354 g/mol. The van der Waals surface area contributed by atoms with Gasteiger partial charge in [0.2, 0.25) is 9.84 Å². The highest BCUT2D eigenvalue weighted by molar-refractivity contribution is 7.91. The van der Waals surface area contributed by atoms with E-state index in [1.807, 2.05) is 0 Å². The van der Waals surface area contributed by atoms with Crippen molar-refractivity contribution in [2.75, 3.05) is 5.32 Å². The molecule has 0 atom stereocenters. The normalized spacial score (nSPS) is 11.1. The van der Waals surface area contributed by atoms with Crippen molar-refractivity contribution in [3.05, 3.63) is 72.4 Å². The fourth-order valence-corrected chi connectivity index (χ4v) is 3.87. The van der Waals surface area contributed by atoms with Gasteiger partial charge in [-0.1, -0.05) is 18.2 Å². The fourth-order valence-electron chi connectivity index (χ4n) is 2.37. The van der Waals surface area contributed by atoms with E-state index in [0.717, 1.165) is 0 Å². The molecule has 0 aliphatic rings. The summed E-state index contributed by atoms with van der Waals surface area (Å²) >= 11 is 0. The molecule has 2 amide bonds. The SMILES string of the molecule is Cc1ccccc1S(=O)(=O)c1ccc(NC(=O)NCc2cnco2)cc1. The number of rotatable bonds is 5. The van der Waals surface area contributed by atoms with Crippen molar-refractivity contribution in [1.29, 1.82) is 0 Å². The highest BCUT2D eigenvalue weighted by Gasteiger charge is 2.19. The van der Waals surface area contributed by atoms with Gasteiger partial charge in [0.25, 0.3) is 0 Å². The minimum Gasteiger partial charge on any atom is -0.447 e. The number of urea groups is 1. The van der Waals surface area contributed by atoms with Gasteiger partial charge in [-0.25, -0.2) is 18.2 Å². The first-order valence-corrected chi connectivity index (χ1v) is 9.28. The Morgan fingerprint density at radius 1 is 1.12 bits per heavy atom. The Morgan fingerprint density at radius 3 is 2.50 bits per heavy atom. The molecule has 2 aromatic carbocycles. The smallest absolute Gasteiger partial charge is 0.319 e. The first-order chi connectivity index (χ1) is 12.5. The number of amides is 2. The number of hydrogen-bond donors (Lipinski definition) is 2. The van der Waals surface area contributed by atoms with Crippen LogP contribution >= 0.6 is 0 Å². The Morgan fingerprint density at radius 2 is 1.85 bits per heavy atom. The molecule has 3 aromatic rings. The van der Waals surface area contributed by atoms with Gasteiger partial charge in [0.1, 0.15) is 5.76 Å². The van der Waals surface area contributed by atoms with E-state index in [-0.39, 0.29) is 16.3 Å². The molecule has 2 N–H and O–H groups in total. The summed E-state index contributed by atoms with van der Waals surface area (Å²) < 4.78 is 30.4. The maximum absolute atomic E-state index is 12.7. The van der Waals surface area contributed by atoms with Crippen LogP contribution < -0.4 is 10.6 Å². The van der Waals surface area contributed by atoms with Crippen molar-refractivity contribution in [2.24, 2.45) is 0 Å². The fraction of sp³-hybridized carbons (Fsp3) is 0.111. The molecule has 0 saturated carbocycles. The van der Waals surface area contributed by atoms with Gasteiger partial charge < -0.3 is 15.1 Å². The average Bonchev–Trinajstić information content (AvgIpc) is 3.14. The summed E-state index contributed by atoms with van der Waals surface area (Å²) in [6.45, 7) is 1.95. The van der Waals surface area contributed by atoms with Gasteiger partial charge in [-0.05, 0) is 42.8 Å². The second-order valence-electron chi connectivity index (χ2n) is 5.57. The number of hydrogen-bond acceptors (Lipinski definition) is 5. The largest absolute Gasteiger partial charge is 0.447 e. The molecule has 0 radical (unpaired) electrons. The lowest BCUT2D eigenvalue weighted by Crippen LogP contribution is -2.28. The van der Waals surface area contributed by atoms with Crippen LogP contribution in [-0.4, -0.2) is 19.4 Å². The summed E-state index contributed by atoms with van der Waals surface area (Å²) in [4.78, 5) is 16.0. The summed E-state index contributed by atoms with van der Waals surface area (Å²) in [6.07, 6.45) is 2.79. The Bertz CT molecular complexity index is 997. The third kappa shape index (κ3) is 3.92. The lowest BCUT2D eigenvalue weighted by atomic mass is 10.2. The van der Waals surface area contributed by atoms with E-state index in [4.69, 9.17) is 4.42 Å². The molecule has 0 bridgehead atoms. The summed E-state index contributed by atoms with van der Waals surface area (Å²) in [6, 6.07) is 12.4. The second kappa shape index (κ2) is 7.40. The number of anilines is 1. The van der Waals surface area contributed by atoms with Gasteiger partial charge in [0, 0.05) is 5.69 Å². The van der Waals surface area contributed by atoms with Gasteiger partial charge >= 0.3 is 6.03 Å². The van der Waals surface area contributed by atoms with Gasteiger partial charge in [0.15, 0.2) is 6.39 Å². The van der Waals surface area contributed by atoms with E-state index in [2.05, 4.69) is 15.6 Å². The van der Waals surface area contributed by atoms with E-state index in [0.29, 0.717) is 17.0 Å². The average molecular weight is 371 g/mol. The van der Waals surface area contributed by atoms with E-state index in [1.54, 1.807) is 43.3 Å². The van der Waals surface area contributed by atoms with Gasteiger partial charge in [-0.15, -0.1) is 0 Å². The zero-order valence-corrected chi connectivity index (χ0v) is 14.8. The number of carbonyl (C=O) groups is 1. The van der Waals surface area contributed by atoms with E-state index in [9.17, 15) is 13.2 Å². The minimum atomic E-state index is -3.60. The number of carbonyl (C=O) groups excluding carboxylic acids is 1. The van der Waals surface area contributed by atoms with Crippen LogP contribution in [0.2, 0.25) is 0 Å². The third-order valence-corrected chi connectivity index (χ3v) is 5.64. The molecule has 0 saturated heterocycles. The van der Waals surface area contributed by atoms with Crippen molar-refractivity contribution in [1.82, 2.24) is 10.3 Å². The molecule has 3 rings (SSSR count). The highest BCUT2D eigenvalue weighted by atomic mass is 32.2. The molecule has 1 heterocycles. The van der Waals surface area contributed by atoms with Crippen LogP contribution in [0.15, 0.2) is 75.3 Å². The lowest BCUT2D eigenvalue weighted by molar-refractivity contribution is 0.251. The van der Waals surface area contributed by atoms with E-state index >= 15 is 0 Å². The van der Waals surface area contributed by atoms with Crippen LogP contribution in [0.25, 0.3) is 0 Å². The number of nitrogens with zero attached hydrogens (tertiary/aromatic N) is 1. The van der Waals surface area contributed by atoms with Crippen LogP contribution in [0, 0.1) is 6.92 Å². The van der Waals surface area contributed by atoms with E-state index < -0.39 is 15.9 Å². The Balaban J connectivity index is 1.68. The minimum absolute atomic E-state index is 0.166. The monoisotopic (exact) mass is 371 g/mol. The number of oxazole rings is 1.